The van der Waals surface area contributed by atoms with Gasteiger partial charge in [0.2, 0.25) is 0 Å². The van der Waals surface area contributed by atoms with Gasteiger partial charge in [0.05, 0.1) is 0 Å². The number of halogens is 3. The first-order valence-electron chi connectivity index (χ1n) is 5.84. The van der Waals surface area contributed by atoms with E-state index in [1.165, 1.54) is 4.90 Å². The van der Waals surface area contributed by atoms with Gasteiger partial charge in [0.1, 0.15) is 17.2 Å². The molecule has 0 saturated carbocycles. The lowest BCUT2D eigenvalue weighted by atomic mass is 10.1. The Hall–Kier alpha value is -0.970. The van der Waals surface area contributed by atoms with Crippen LogP contribution in [0.4, 0.5) is 8.78 Å². The maximum absolute atomic E-state index is 13.7. The Kier molecular flexibility index (Phi) is 5.26. The number of carbonyl (C=O) groups is 1. The van der Waals surface area contributed by atoms with Crippen LogP contribution in [0.15, 0.2) is 16.6 Å². The first kappa shape index (κ1) is 15.1. The molecule has 0 saturated heterocycles. The van der Waals surface area contributed by atoms with Gasteiger partial charge in [-0.15, -0.1) is 0 Å². The van der Waals surface area contributed by atoms with Crippen LogP contribution in [0.2, 0.25) is 0 Å². The molecule has 0 bridgehead atoms. The number of rotatable bonds is 4. The molecule has 0 N–H and O–H groups in total. The molecule has 1 aromatic carbocycles. The molecule has 0 unspecified atom stereocenters. The molecule has 0 aliphatic carbocycles. The monoisotopic (exact) mass is 319 g/mol. The molecule has 100 valence electrons. The normalized spacial score (nSPS) is 10.8. The van der Waals surface area contributed by atoms with E-state index in [1.54, 1.807) is 0 Å². The quantitative estimate of drug-likeness (QED) is 0.821. The molecular formula is C13H16BrF2NO. The van der Waals surface area contributed by atoms with Crippen LogP contribution in [0.1, 0.15) is 37.6 Å². The molecule has 1 aromatic rings. The molecule has 1 amide bonds. The molecule has 0 atom stereocenters. The van der Waals surface area contributed by atoms with Gasteiger partial charge < -0.3 is 4.90 Å². The summed E-state index contributed by atoms with van der Waals surface area (Å²) in [5.41, 5.74) is -0.486. The minimum absolute atomic E-state index is 0.0973. The van der Waals surface area contributed by atoms with Crippen molar-refractivity contribution < 1.29 is 13.6 Å². The zero-order valence-corrected chi connectivity index (χ0v) is 12.2. The first-order valence-corrected chi connectivity index (χ1v) is 6.63. The van der Waals surface area contributed by atoms with Gasteiger partial charge in [-0.05, 0) is 32.4 Å². The molecular weight excluding hydrogens is 304 g/mol. The Labute approximate surface area is 114 Å². The number of hydrogen-bond acceptors (Lipinski definition) is 1. The van der Waals surface area contributed by atoms with E-state index in [-0.39, 0.29) is 10.5 Å². The van der Waals surface area contributed by atoms with Crippen molar-refractivity contribution in [3.05, 3.63) is 33.8 Å². The Morgan fingerprint density at radius 2 is 1.83 bits per heavy atom. The number of amides is 1. The van der Waals surface area contributed by atoms with Crippen molar-refractivity contribution in [2.45, 2.75) is 33.2 Å². The highest BCUT2D eigenvalue weighted by Crippen LogP contribution is 2.21. The van der Waals surface area contributed by atoms with Crippen LogP contribution >= 0.6 is 15.9 Å². The third-order valence-electron chi connectivity index (χ3n) is 2.57. The van der Waals surface area contributed by atoms with Crippen LogP contribution in [0.25, 0.3) is 0 Å². The lowest BCUT2D eigenvalue weighted by Crippen LogP contribution is -2.38. The summed E-state index contributed by atoms with van der Waals surface area (Å²) in [5, 5.41) is 0. The first-order chi connectivity index (χ1) is 8.38. The average molecular weight is 320 g/mol. The SMILES string of the molecule is CCCN(C(=O)c1c(F)cc(Br)cc1F)C(C)C. The van der Waals surface area contributed by atoms with Crippen LogP contribution in [0, 0.1) is 11.6 Å². The maximum atomic E-state index is 13.7. The molecule has 0 heterocycles. The summed E-state index contributed by atoms with van der Waals surface area (Å²) < 4.78 is 27.7. The Morgan fingerprint density at radius 3 is 2.22 bits per heavy atom. The van der Waals surface area contributed by atoms with Gasteiger partial charge >= 0.3 is 0 Å². The van der Waals surface area contributed by atoms with E-state index in [9.17, 15) is 13.6 Å². The van der Waals surface area contributed by atoms with Crippen molar-refractivity contribution in [2.24, 2.45) is 0 Å². The molecule has 0 spiro atoms. The van der Waals surface area contributed by atoms with E-state index in [2.05, 4.69) is 15.9 Å². The molecule has 0 fully saturated rings. The second-order valence-corrected chi connectivity index (χ2v) is 5.25. The summed E-state index contributed by atoms with van der Waals surface area (Å²) in [7, 11) is 0. The van der Waals surface area contributed by atoms with Gasteiger partial charge in [-0.3, -0.25) is 4.79 Å². The van der Waals surface area contributed by atoms with Crippen molar-refractivity contribution in [2.75, 3.05) is 6.54 Å². The molecule has 0 aliphatic heterocycles. The van der Waals surface area contributed by atoms with Gasteiger partial charge in [-0.2, -0.15) is 0 Å². The molecule has 5 heteroatoms. The van der Waals surface area contributed by atoms with E-state index in [0.717, 1.165) is 18.6 Å². The van der Waals surface area contributed by atoms with Gasteiger partial charge in [0, 0.05) is 17.1 Å². The van der Waals surface area contributed by atoms with E-state index >= 15 is 0 Å². The van der Waals surface area contributed by atoms with Crippen LogP contribution < -0.4 is 0 Å². The predicted molar refractivity (Wildman–Crippen MR) is 70.5 cm³/mol. The average Bonchev–Trinajstić information content (AvgIpc) is 2.23. The lowest BCUT2D eigenvalue weighted by Gasteiger charge is -2.26. The van der Waals surface area contributed by atoms with E-state index in [1.807, 2.05) is 20.8 Å². The van der Waals surface area contributed by atoms with Crippen molar-refractivity contribution in [1.82, 2.24) is 4.90 Å². The summed E-state index contributed by atoms with van der Waals surface area (Å²) in [5.74, 6) is -2.28. The van der Waals surface area contributed by atoms with Crippen molar-refractivity contribution in [1.29, 1.82) is 0 Å². The fourth-order valence-corrected chi connectivity index (χ4v) is 2.13. The summed E-state index contributed by atoms with van der Waals surface area (Å²) >= 11 is 2.99. The largest absolute Gasteiger partial charge is 0.336 e. The van der Waals surface area contributed by atoms with Crippen LogP contribution in [-0.4, -0.2) is 23.4 Å². The second-order valence-electron chi connectivity index (χ2n) is 4.34. The maximum Gasteiger partial charge on any atom is 0.260 e. The number of benzene rings is 1. The number of carbonyl (C=O) groups excluding carboxylic acids is 1. The van der Waals surface area contributed by atoms with Crippen LogP contribution in [-0.2, 0) is 0 Å². The fourth-order valence-electron chi connectivity index (χ4n) is 1.73. The van der Waals surface area contributed by atoms with Crippen molar-refractivity contribution in [3.63, 3.8) is 0 Å². The second kappa shape index (κ2) is 6.27. The summed E-state index contributed by atoms with van der Waals surface area (Å²) in [4.78, 5) is 13.6. The standard InChI is InChI=1S/C13H16BrF2NO/c1-4-5-17(8(2)3)13(18)12-10(15)6-9(14)7-11(12)16/h6-8H,4-5H2,1-3H3. The minimum atomic E-state index is -0.839. The van der Waals surface area contributed by atoms with Crippen LogP contribution in [0.3, 0.4) is 0 Å². The molecule has 0 radical (unpaired) electrons. The zero-order chi connectivity index (χ0) is 13.9. The fraction of sp³-hybridized carbons (Fsp3) is 0.462. The van der Waals surface area contributed by atoms with Gasteiger partial charge in [-0.25, -0.2) is 8.78 Å². The van der Waals surface area contributed by atoms with Crippen molar-refractivity contribution in [3.8, 4) is 0 Å². The molecule has 2 nitrogen and oxygen atoms in total. The number of hydrogen-bond donors (Lipinski definition) is 0. The summed E-state index contributed by atoms with van der Waals surface area (Å²) in [6.45, 7) is 6.03. The Balaban J connectivity index is 3.16. The Morgan fingerprint density at radius 1 is 1.33 bits per heavy atom. The zero-order valence-electron chi connectivity index (χ0n) is 10.6. The lowest BCUT2D eigenvalue weighted by molar-refractivity contribution is 0.0696. The van der Waals surface area contributed by atoms with Crippen molar-refractivity contribution >= 4 is 21.8 Å². The molecule has 1 rings (SSSR count). The van der Waals surface area contributed by atoms with Gasteiger partial charge in [-0.1, -0.05) is 22.9 Å². The summed E-state index contributed by atoms with van der Waals surface area (Å²) in [6, 6.07) is 2.10. The Bertz CT molecular complexity index is 426. The molecule has 18 heavy (non-hydrogen) atoms. The van der Waals surface area contributed by atoms with Gasteiger partial charge in [0.15, 0.2) is 0 Å². The summed E-state index contributed by atoms with van der Waals surface area (Å²) in [6.07, 6.45) is 0.740. The number of nitrogens with zero attached hydrogens (tertiary/aromatic N) is 1. The third-order valence-corrected chi connectivity index (χ3v) is 3.03. The highest BCUT2D eigenvalue weighted by Gasteiger charge is 2.24. The van der Waals surface area contributed by atoms with Gasteiger partial charge in [0.25, 0.3) is 5.91 Å². The van der Waals surface area contributed by atoms with E-state index in [0.29, 0.717) is 6.54 Å². The van der Waals surface area contributed by atoms with E-state index in [4.69, 9.17) is 0 Å². The van der Waals surface area contributed by atoms with Crippen LogP contribution in [0.5, 0.6) is 0 Å². The topological polar surface area (TPSA) is 20.3 Å². The third kappa shape index (κ3) is 3.28. The smallest absolute Gasteiger partial charge is 0.260 e. The molecule has 0 aromatic heterocycles. The molecule has 0 aliphatic rings. The minimum Gasteiger partial charge on any atom is -0.336 e. The highest BCUT2D eigenvalue weighted by atomic mass is 79.9. The predicted octanol–water partition coefficient (Wildman–Crippen LogP) is 3.99. The highest BCUT2D eigenvalue weighted by molar-refractivity contribution is 9.10. The van der Waals surface area contributed by atoms with E-state index < -0.39 is 23.1 Å².